The topological polar surface area (TPSA) is 66.6 Å². The van der Waals surface area contributed by atoms with E-state index < -0.39 is 11.9 Å². The van der Waals surface area contributed by atoms with Crippen molar-refractivity contribution in [2.24, 2.45) is 0 Å². The van der Waals surface area contributed by atoms with Gasteiger partial charge in [-0.2, -0.15) is 0 Å². The molecule has 1 aliphatic heterocycles. The van der Waals surface area contributed by atoms with Crippen LogP contribution in [-0.4, -0.2) is 35.1 Å². The molecule has 0 aliphatic carbocycles. The third-order valence-corrected chi connectivity index (χ3v) is 2.73. The molecule has 1 fully saturated rings. The van der Waals surface area contributed by atoms with Crippen LogP contribution in [0.4, 0.5) is 10.1 Å². The van der Waals surface area contributed by atoms with Gasteiger partial charge in [0, 0.05) is 13.1 Å². The quantitative estimate of drug-likeness (QED) is 0.687. The fourth-order valence-corrected chi connectivity index (χ4v) is 1.82. The summed E-state index contributed by atoms with van der Waals surface area (Å²) in [5, 5.41) is 9.32. The molecule has 4 nitrogen and oxygen atoms in total. The fraction of sp³-hybridized carbons (Fsp3) is 0.364. The van der Waals surface area contributed by atoms with Crippen LogP contribution in [0.2, 0.25) is 0 Å². The van der Waals surface area contributed by atoms with Crippen molar-refractivity contribution in [1.82, 2.24) is 4.90 Å². The van der Waals surface area contributed by atoms with Crippen LogP contribution in [0.15, 0.2) is 18.2 Å². The number of nitrogens with two attached hydrogens (primary N) is 1. The predicted octanol–water partition coefficient (Wildman–Crippen LogP) is 0.615. The van der Waals surface area contributed by atoms with E-state index in [1.54, 1.807) is 0 Å². The molecule has 1 aromatic rings. The number of amides is 1. The van der Waals surface area contributed by atoms with Crippen molar-refractivity contribution in [3.63, 3.8) is 0 Å². The van der Waals surface area contributed by atoms with Crippen LogP contribution in [0.25, 0.3) is 0 Å². The Kier molecular flexibility index (Phi) is 2.78. The zero-order valence-corrected chi connectivity index (χ0v) is 8.69. The van der Waals surface area contributed by atoms with Crippen LogP contribution in [0, 0.1) is 5.82 Å². The van der Waals surface area contributed by atoms with E-state index >= 15 is 0 Å². The van der Waals surface area contributed by atoms with Crippen molar-refractivity contribution in [2.75, 3.05) is 18.8 Å². The van der Waals surface area contributed by atoms with Crippen molar-refractivity contribution in [2.45, 2.75) is 12.5 Å². The fourth-order valence-electron chi connectivity index (χ4n) is 1.82. The Morgan fingerprint density at radius 3 is 2.94 bits per heavy atom. The molecule has 0 radical (unpaired) electrons. The van der Waals surface area contributed by atoms with E-state index in [0.717, 1.165) is 0 Å². The number of likely N-dealkylation sites (tertiary alicyclic amines) is 1. The van der Waals surface area contributed by atoms with E-state index in [2.05, 4.69) is 0 Å². The van der Waals surface area contributed by atoms with Gasteiger partial charge in [0.05, 0.1) is 17.4 Å². The first-order valence-corrected chi connectivity index (χ1v) is 5.11. The molecule has 16 heavy (non-hydrogen) atoms. The van der Waals surface area contributed by atoms with Crippen molar-refractivity contribution in [3.8, 4) is 0 Å². The molecule has 1 saturated heterocycles. The molecule has 3 N–H and O–H groups in total. The number of β-amino-alcohol motifs (C(OH)–C–C–N with tert-alkyl or cyclic N) is 1. The molecule has 1 heterocycles. The van der Waals surface area contributed by atoms with Gasteiger partial charge in [-0.05, 0) is 18.6 Å². The van der Waals surface area contributed by atoms with Crippen molar-refractivity contribution < 1.29 is 14.3 Å². The molecule has 5 heteroatoms. The third-order valence-electron chi connectivity index (χ3n) is 2.73. The van der Waals surface area contributed by atoms with Crippen molar-refractivity contribution in [3.05, 3.63) is 29.6 Å². The van der Waals surface area contributed by atoms with Crippen molar-refractivity contribution in [1.29, 1.82) is 0 Å². The minimum Gasteiger partial charge on any atom is -0.396 e. The lowest BCUT2D eigenvalue weighted by Crippen LogP contribution is -2.30. The Morgan fingerprint density at radius 1 is 1.56 bits per heavy atom. The number of carbonyl (C=O) groups excluding carboxylic acids is 1. The van der Waals surface area contributed by atoms with E-state index in [0.29, 0.717) is 13.0 Å². The maximum absolute atomic E-state index is 13.2. The van der Waals surface area contributed by atoms with Crippen LogP contribution < -0.4 is 5.73 Å². The average molecular weight is 224 g/mol. The Hall–Kier alpha value is -1.62. The van der Waals surface area contributed by atoms with E-state index in [1.807, 2.05) is 0 Å². The molecule has 2 rings (SSSR count). The predicted molar refractivity (Wildman–Crippen MR) is 57.3 cm³/mol. The lowest BCUT2D eigenvalue weighted by atomic mass is 10.1. The largest absolute Gasteiger partial charge is 0.396 e. The van der Waals surface area contributed by atoms with Gasteiger partial charge in [0.1, 0.15) is 5.82 Å². The van der Waals surface area contributed by atoms with E-state index in [4.69, 9.17) is 5.73 Å². The van der Waals surface area contributed by atoms with Gasteiger partial charge < -0.3 is 15.7 Å². The maximum atomic E-state index is 13.2. The molecule has 1 atom stereocenters. The highest BCUT2D eigenvalue weighted by molar-refractivity contribution is 5.99. The minimum atomic E-state index is -0.592. The first-order chi connectivity index (χ1) is 7.59. The highest BCUT2D eigenvalue weighted by atomic mass is 19.1. The zero-order valence-electron chi connectivity index (χ0n) is 8.69. The molecule has 1 aliphatic rings. The van der Waals surface area contributed by atoms with Gasteiger partial charge in [-0.25, -0.2) is 4.39 Å². The summed E-state index contributed by atoms with van der Waals surface area (Å²) in [6, 6.07) is 4.15. The summed E-state index contributed by atoms with van der Waals surface area (Å²) < 4.78 is 13.2. The van der Waals surface area contributed by atoms with Gasteiger partial charge in [-0.15, -0.1) is 0 Å². The monoisotopic (exact) mass is 224 g/mol. The molecule has 0 aromatic heterocycles. The molecule has 0 saturated carbocycles. The Balaban J connectivity index is 2.24. The van der Waals surface area contributed by atoms with Crippen LogP contribution in [-0.2, 0) is 0 Å². The summed E-state index contributed by atoms with van der Waals surface area (Å²) >= 11 is 0. The molecule has 1 amide bonds. The first-order valence-electron chi connectivity index (χ1n) is 5.11. The second kappa shape index (κ2) is 4.09. The van der Waals surface area contributed by atoms with Crippen LogP contribution in [0.5, 0.6) is 0 Å². The average Bonchev–Trinajstić information content (AvgIpc) is 2.68. The number of hydrogen-bond donors (Lipinski definition) is 2. The summed E-state index contributed by atoms with van der Waals surface area (Å²) in [4.78, 5) is 13.4. The van der Waals surface area contributed by atoms with E-state index in [-0.39, 0.29) is 23.7 Å². The number of aliphatic hydroxyl groups excluding tert-OH is 1. The second-order valence-electron chi connectivity index (χ2n) is 3.89. The van der Waals surface area contributed by atoms with Gasteiger partial charge in [0.2, 0.25) is 0 Å². The normalized spacial score (nSPS) is 20.1. The summed E-state index contributed by atoms with van der Waals surface area (Å²) in [6.45, 7) is 0.769. The molecular formula is C11H13FN2O2. The molecule has 0 bridgehead atoms. The molecule has 86 valence electrons. The van der Waals surface area contributed by atoms with Crippen LogP contribution >= 0.6 is 0 Å². The van der Waals surface area contributed by atoms with Crippen molar-refractivity contribution >= 4 is 11.6 Å². The maximum Gasteiger partial charge on any atom is 0.256 e. The number of para-hydroxylation sites is 1. The lowest BCUT2D eigenvalue weighted by Gasteiger charge is -2.16. The van der Waals surface area contributed by atoms with Gasteiger partial charge >= 0.3 is 0 Å². The number of rotatable bonds is 1. The number of carbonyl (C=O) groups is 1. The van der Waals surface area contributed by atoms with Gasteiger partial charge in [-0.1, -0.05) is 6.07 Å². The Morgan fingerprint density at radius 2 is 2.31 bits per heavy atom. The number of nitrogen functional groups attached to an aromatic ring is 1. The summed E-state index contributed by atoms with van der Waals surface area (Å²) in [5.74, 6) is -0.917. The molecule has 0 spiro atoms. The third kappa shape index (κ3) is 1.86. The minimum absolute atomic E-state index is 0.131. The Labute approximate surface area is 92.5 Å². The smallest absolute Gasteiger partial charge is 0.256 e. The van der Waals surface area contributed by atoms with Gasteiger partial charge in [-0.3, -0.25) is 4.79 Å². The summed E-state index contributed by atoms with van der Waals surface area (Å²) in [5.41, 5.74) is 5.53. The van der Waals surface area contributed by atoms with E-state index in [1.165, 1.54) is 23.1 Å². The summed E-state index contributed by atoms with van der Waals surface area (Å²) in [6.07, 6.45) is 0.0692. The molecule has 1 aromatic carbocycles. The first kappa shape index (κ1) is 10.9. The summed E-state index contributed by atoms with van der Waals surface area (Å²) in [7, 11) is 0. The number of benzene rings is 1. The van der Waals surface area contributed by atoms with Gasteiger partial charge in [0.15, 0.2) is 0 Å². The standard InChI is InChI=1S/C11H13FN2O2/c12-9-3-1-2-8(10(9)13)11(16)14-5-4-7(15)6-14/h1-3,7,15H,4-6,13H2/t7-/m1/s1. The van der Waals surface area contributed by atoms with Crippen LogP contribution in [0.1, 0.15) is 16.8 Å². The molecular weight excluding hydrogens is 211 g/mol. The second-order valence-corrected chi connectivity index (χ2v) is 3.89. The number of anilines is 1. The highest BCUT2D eigenvalue weighted by Gasteiger charge is 2.26. The SMILES string of the molecule is Nc1c(F)cccc1C(=O)N1CC[C@@H](O)C1. The lowest BCUT2D eigenvalue weighted by molar-refractivity contribution is 0.0765. The number of hydrogen-bond acceptors (Lipinski definition) is 3. The van der Waals surface area contributed by atoms with Crippen LogP contribution in [0.3, 0.4) is 0 Å². The number of aliphatic hydroxyl groups is 1. The Bertz CT molecular complexity index is 422. The number of nitrogens with zero attached hydrogens (tertiary/aromatic N) is 1. The highest BCUT2D eigenvalue weighted by Crippen LogP contribution is 2.20. The van der Waals surface area contributed by atoms with E-state index in [9.17, 15) is 14.3 Å². The number of halogens is 1. The van der Waals surface area contributed by atoms with Gasteiger partial charge in [0.25, 0.3) is 5.91 Å². The molecule has 0 unspecified atom stereocenters. The zero-order chi connectivity index (χ0) is 11.7.